The number of aromatic nitrogens is 4. The lowest BCUT2D eigenvalue weighted by molar-refractivity contribution is 0.101. The third-order valence-electron chi connectivity index (χ3n) is 2.83. The predicted octanol–water partition coefficient (Wildman–Crippen LogP) is 1.76. The van der Waals surface area contributed by atoms with Crippen LogP contribution in [-0.4, -0.2) is 31.2 Å². The summed E-state index contributed by atoms with van der Waals surface area (Å²) >= 11 is 0. The van der Waals surface area contributed by atoms with Crippen molar-refractivity contribution in [3.63, 3.8) is 0 Å². The van der Waals surface area contributed by atoms with Gasteiger partial charge in [-0.05, 0) is 41.6 Å². The molecular formula is C14H10FN5O2. The Hall–Kier alpha value is -3.29. The Balaban J connectivity index is 1.80. The van der Waals surface area contributed by atoms with Crippen LogP contribution in [0.4, 0.5) is 10.1 Å². The largest absolute Gasteiger partial charge is 0.506 e. The van der Waals surface area contributed by atoms with Crippen LogP contribution in [-0.2, 0) is 0 Å². The van der Waals surface area contributed by atoms with Gasteiger partial charge in [0.05, 0.1) is 11.4 Å². The summed E-state index contributed by atoms with van der Waals surface area (Å²) in [6.45, 7) is 0. The number of nitrogens with zero attached hydrogens (tertiary/aromatic N) is 4. The van der Waals surface area contributed by atoms with Crippen LogP contribution >= 0.6 is 0 Å². The highest BCUT2D eigenvalue weighted by atomic mass is 19.1. The number of carbonyl (C=O) groups excluding carboxylic acids is 1. The van der Waals surface area contributed by atoms with Gasteiger partial charge in [0.1, 0.15) is 11.6 Å². The van der Waals surface area contributed by atoms with E-state index < -0.39 is 5.91 Å². The van der Waals surface area contributed by atoms with Crippen molar-refractivity contribution in [1.29, 1.82) is 0 Å². The third-order valence-corrected chi connectivity index (χ3v) is 2.83. The fraction of sp³-hybridized carbons (Fsp3) is 0. The SMILES string of the molecule is O=C(Nc1ccccc1O)c1nnn(-c2ccc(F)cc2)n1. The molecule has 110 valence electrons. The van der Waals surface area contributed by atoms with E-state index in [1.807, 2.05) is 0 Å². The Labute approximate surface area is 124 Å². The highest BCUT2D eigenvalue weighted by Crippen LogP contribution is 2.21. The van der Waals surface area contributed by atoms with Gasteiger partial charge in [0.25, 0.3) is 11.7 Å². The van der Waals surface area contributed by atoms with Crippen molar-refractivity contribution in [1.82, 2.24) is 20.2 Å². The minimum absolute atomic E-state index is 0.0678. The van der Waals surface area contributed by atoms with Crippen molar-refractivity contribution in [2.75, 3.05) is 5.32 Å². The second-order valence-corrected chi connectivity index (χ2v) is 4.35. The maximum absolute atomic E-state index is 12.9. The molecule has 1 aromatic heterocycles. The molecule has 0 bridgehead atoms. The first kappa shape index (κ1) is 13.7. The molecule has 0 aliphatic rings. The van der Waals surface area contributed by atoms with Gasteiger partial charge in [0.15, 0.2) is 0 Å². The van der Waals surface area contributed by atoms with Crippen molar-refractivity contribution < 1.29 is 14.3 Å². The second kappa shape index (κ2) is 5.60. The average molecular weight is 299 g/mol. The van der Waals surface area contributed by atoms with Crippen molar-refractivity contribution in [3.05, 3.63) is 60.2 Å². The van der Waals surface area contributed by atoms with Crippen molar-refractivity contribution >= 4 is 11.6 Å². The molecule has 2 aromatic carbocycles. The van der Waals surface area contributed by atoms with E-state index in [4.69, 9.17) is 0 Å². The van der Waals surface area contributed by atoms with Crippen LogP contribution < -0.4 is 5.32 Å². The number of hydrogen-bond acceptors (Lipinski definition) is 5. The molecule has 8 heteroatoms. The van der Waals surface area contributed by atoms with Crippen LogP contribution in [0.5, 0.6) is 5.75 Å². The van der Waals surface area contributed by atoms with Crippen LogP contribution in [0.15, 0.2) is 48.5 Å². The van der Waals surface area contributed by atoms with Crippen LogP contribution in [0.2, 0.25) is 0 Å². The maximum atomic E-state index is 12.9. The number of benzene rings is 2. The van der Waals surface area contributed by atoms with Gasteiger partial charge in [-0.25, -0.2) is 4.39 Å². The smallest absolute Gasteiger partial charge is 0.297 e. The monoisotopic (exact) mass is 299 g/mol. The number of halogens is 1. The number of phenolic OH excluding ortho intramolecular Hbond substituents is 1. The first-order chi connectivity index (χ1) is 10.6. The molecule has 3 rings (SSSR count). The number of hydrogen-bond donors (Lipinski definition) is 2. The van der Waals surface area contributed by atoms with E-state index in [9.17, 15) is 14.3 Å². The van der Waals surface area contributed by atoms with Gasteiger partial charge in [-0.15, -0.1) is 15.0 Å². The zero-order chi connectivity index (χ0) is 15.5. The zero-order valence-electron chi connectivity index (χ0n) is 11.1. The molecule has 0 saturated heterocycles. The van der Waals surface area contributed by atoms with E-state index in [-0.39, 0.29) is 23.1 Å². The molecule has 0 aliphatic carbocycles. The molecule has 0 saturated carbocycles. The van der Waals surface area contributed by atoms with Gasteiger partial charge in [-0.2, -0.15) is 0 Å². The predicted molar refractivity (Wildman–Crippen MR) is 75.2 cm³/mol. The number of tetrazole rings is 1. The normalized spacial score (nSPS) is 10.4. The highest BCUT2D eigenvalue weighted by Gasteiger charge is 2.15. The van der Waals surface area contributed by atoms with Gasteiger partial charge in [-0.1, -0.05) is 12.1 Å². The summed E-state index contributed by atoms with van der Waals surface area (Å²) < 4.78 is 12.9. The summed E-state index contributed by atoms with van der Waals surface area (Å²) in [5.41, 5.74) is 0.709. The summed E-state index contributed by atoms with van der Waals surface area (Å²) in [4.78, 5) is 13.1. The summed E-state index contributed by atoms with van der Waals surface area (Å²) in [6, 6.07) is 11.7. The fourth-order valence-electron chi connectivity index (χ4n) is 1.75. The lowest BCUT2D eigenvalue weighted by Crippen LogP contribution is -2.14. The van der Waals surface area contributed by atoms with Crippen LogP contribution in [0.3, 0.4) is 0 Å². The molecule has 1 amide bonds. The van der Waals surface area contributed by atoms with Gasteiger partial charge in [0.2, 0.25) is 0 Å². The molecule has 0 fully saturated rings. The lowest BCUT2D eigenvalue weighted by atomic mass is 10.3. The molecule has 7 nitrogen and oxygen atoms in total. The van der Waals surface area contributed by atoms with Gasteiger partial charge in [-0.3, -0.25) is 4.79 Å². The number of carbonyl (C=O) groups is 1. The second-order valence-electron chi connectivity index (χ2n) is 4.35. The van der Waals surface area contributed by atoms with Crippen LogP contribution in [0.1, 0.15) is 10.6 Å². The number of anilines is 1. The molecule has 0 unspecified atom stereocenters. The number of phenols is 1. The van der Waals surface area contributed by atoms with Crippen molar-refractivity contribution in [3.8, 4) is 11.4 Å². The molecule has 0 spiro atoms. The Morgan fingerprint density at radius 3 is 2.59 bits per heavy atom. The van der Waals surface area contributed by atoms with Gasteiger partial charge >= 0.3 is 0 Å². The molecule has 22 heavy (non-hydrogen) atoms. The molecule has 0 aliphatic heterocycles. The molecular weight excluding hydrogens is 289 g/mol. The first-order valence-electron chi connectivity index (χ1n) is 6.29. The number of para-hydroxylation sites is 2. The lowest BCUT2D eigenvalue weighted by Gasteiger charge is -2.03. The molecule has 2 N–H and O–H groups in total. The number of aromatic hydroxyl groups is 1. The van der Waals surface area contributed by atoms with Crippen LogP contribution in [0.25, 0.3) is 5.69 Å². The standard InChI is InChI=1S/C14H10FN5O2/c15-9-5-7-10(8-6-9)20-18-13(17-19-20)14(22)16-11-3-1-2-4-12(11)21/h1-8,21H,(H,16,22). The Bertz CT molecular complexity index is 816. The van der Waals surface area contributed by atoms with E-state index in [1.165, 1.54) is 36.4 Å². The van der Waals surface area contributed by atoms with Gasteiger partial charge in [0, 0.05) is 0 Å². The number of nitrogens with one attached hydrogen (secondary N) is 1. The topological polar surface area (TPSA) is 92.9 Å². The highest BCUT2D eigenvalue weighted by molar-refractivity contribution is 6.02. The zero-order valence-corrected chi connectivity index (χ0v) is 11.1. The summed E-state index contributed by atoms with van der Waals surface area (Å²) in [7, 11) is 0. The molecule has 3 aromatic rings. The third kappa shape index (κ3) is 2.75. The number of amides is 1. The minimum Gasteiger partial charge on any atom is -0.506 e. The van der Waals surface area contributed by atoms with E-state index in [0.29, 0.717) is 5.69 Å². The average Bonchev–Trinajstić information content (AvgIpc) is 3.00. The summed E-state index contributed by atoms with van der Waals surface area (Å²) in [6.07, 6.45) is 0. The first-order valence-corrected chi connectivity index (χ1v) is 6.29. The van der Waals surface area contributed by atoms with E-state index in [2.05, 4.69) is 20.7 Å². The van der Waals surface area contributed by atoms with E-state index in [1.54, 1.807) is 12.1 Å². The Kier molecular flexibility index (Phi) is 3.48. The Morgan fingerprint density at radius 1 is 1.14 bits per heavy atom. The van der Waals surface area contributed by atoms with Gasteiger partial charge < -0.3 is 10.4 Å². The molecule has 1 heterocycles. The minimum atomic E-state index is -0.616. The summed E-state index contributed by atoms with van der Waals surface area (Å²) in [5.74, 6) is -1.24. The molecule has 0 atom stereocenters. The van der Waals surface area contributed by atoms with Crippen LogP contribution in [0, 0.1) is 5.82 Å². The van der Waals surface area contributed by atoms with E-state index in [0.717, 1.165) is 4.80 Å². The Morgan fingerprint density at radius 2 is 1.86 bits per heavy atom. The van der Waals surface area contributed by atoms with Crippen molar-refractivity contribution in [2.24, 2.45) is 0 Å². The fourth-order valence-corrected chi connectivity index (χ4v) is 1.75. The quantitative estimate of drug-likeness (QED) is 0.719. The maximum Gasteiger partial charge on any atom is 0.297 e. The number of rotatable bonds is 3. The summed E-state index contributed by atoms with van der Waals surface area (Å²) in [5, 5.41) is 23.4. The molecule has 0 radical (unpaired) electrons. The van der Waals surface area contributed by atoms with E-state index >= 15 is 0 Å². The van der Waals surface area contributed by atoms with Crippen molar-refractivity contribution in [2.45, 2.75) is 0 Å².